The average Bonchev–Trinajstić information content (AvgIpc) is 3.82. The lowest BCUT2D eigenvalue weighted by molar-refractivity contribution is 0.723. The summed E-state index contributed by atoms with van der Waals surface area (Å²) in [6.07, 6.45) is 0. The maximum atomic E-state index is 5.49. The molecule has 2 aliphatic rings. The van der Waals surface area contributed by atoms with Crippen LogP contribution in [0.2, 0.25) is 0 Å². The van der Waals surface area contributed by atoms with E-state index in [4.69, 9.17) is 15.0 Å². The van der Waals surface area contributed by atoms with Crippen molar-refractivity contribution < 1.29 is 0 Å². The lowest BCUT2D eigenvalue weighted by Crippen LogP contribution is -2.31. The number of aromatic nitrogens is 3. The maximum Gasteiger partial charge on any atom is 0.160 e. The molecule has 3 aromatic heterocycles. The zero-order valence-electron chi connectivity index (χ0n) is 31.6. The molecule has 0 saturated carbocycles. The van der Waals surface area contributed by atoms with Gasteiger partial charge in [0, 0.05) is 47.3 Å². The van der Waals surface area contributed by atoms with Gasteiger partial charge in [0.1, 0.15) is 0 Å². The number of benzene rings is 8. The Balaban J connectivity index is 1.09. The van der Waals surface area contributed by atoms with Gasteiger partial charge >= 0.3 is 0 Å². The number of thiophene rings is 1. The Morgan fingerprint density at radius 1 is 0.390 bits per heavy atom. The van der Waals surface area contributed by atoms with E-state index < -0.39 is 5.41 Å². The highest BCUT2D eigenvalue weighted by molar-refractivity contribution is 7.99. The van der Waals surface area contributed by atoms with E-state index in [0.717, 1.165) is 65.8 Å². The summed E-state index contributed by atoms with van der Waals surface area (Å²) < 4.78 is 2.29. The van der Waals surface area contributed by atoms with Crippen LogP contribution in [0.1, 0.15) is 22.3 Å². The van der Waals surface area contributed by atoms with E-state index in [1.54, 1.807) is 11.3 Å². The molecule has 59 heavy (non-hydrogen) atoms. The monoisotopic (exact) mass is 785 g/mol. The van der Waals surface area contributed by atoms with Gasteiger partial charge in [-0.15, -0.1) is 11.3 Å². The minimum absolute atomic E-state index is 0.456. The molecule has 0 bridgehead atoms. The fourth-order valence-electron chi connectivity index (χ4n) is 9.83. The van der Waals surface area contributed by atoms with Crippen LogP contribution in [0.25, 0.3) is 87.0 Å². The van der Waals surface area contributed by atoms with E-state index in [0.29, 0.717) is 0 Å². The summed E-state index contributed by atoms with van der Waals surface area (Å²) in [6.45, 7) is 0. The van der Waals surface area contributed by atoms with Crippen molar-refractivity contribution in [1.82, 2.24) is 15.0 Å². The minimum Gasteiger partial charge on any atom is -0.247 e. The van der Waals surface area contributed by atoms with Gasteiger partial charge in [0.2, 0.25) is 0 Å². The number of nitrogens with zero attached hydrogens (tertiary/aromatic N) is 3. The van der Waals surface area contributed by atoms with Gasteiger partial charge in [-0.25, -0.2) is 15.0 Å². The largest absolute Gasteiger partial charge is 0.247 e. The van der Waals surface area contributed by atoms with E-state index >= 15 is 0 Å². The van der Waals surface area contributed by atoms with Crippen LogP contribution in [0.4, 0.5) is 0 Å². The van der Waals surface area contributed by atoms with Crippen LogP contribution in [0.3, 0.4) is 0 Å². The first kappa shape index (κ1) is 33.1. The Hall–Kier alpha value is -6.92. The fourth-order valence-corrected chi connectivity index (χ4v) is 12.2. The molecule has 8 aromatic carbocycles. The van der Waals surface area contributed by atoms with E-state index in [1.165, 1.54) is 53.3 Å². The van der Waals surface area contributed by atoms with Gasteiger partial charge in [0.15, 0.2) is 5.82 Å². The Morgan fingerprint density at radius 3 is 1.85 bits per heavy atom. The van der Waals surface area contributed by atoms with E-state index in [9.17, 15) is 0 Å². The first-order valence-corrected chi connectivity index (χ1v) is 21.6. The number of hydrogen-bond acceptors (Lipinski definition) is 5. The predicted molar refractivity (Wildman–Crippen MR) is 245 cm³/mol. The zero-order valence-corrected chi connectivity index (χ0v) is 33.2. The van der Waals surface area contributed by atoms with E-state index in [2.05, 4.69) is 170 Å². The maximum absolute atomic E-state index is 5.49. The third-order valence-corrected chi connectivity index (χ3v) is 14.6. The molecule has 4 heterocycles. The minimum atomic E-state index is -0.456. The van der Waals surface area contributed by atoms with Gasteiger partial charge in [0.05, 0.1) is 32.5 Å². The summed E-state index contributed by atoms with van der Waals surface area (Å²) in [5.41, 5.74) is 14.4. The van der Waals surface area contributed by atoms with Gasteiger partial charge < -0.3 is 0 Å². The average molecular weight is 786 g/mol. The summed E-state index contributed by atoms with van der Waals surface area (Å²) in [6, 6.07) is 68.3. The van der Waals surface area contributed by atoms with Gasteiger partial charge in [-0.3, -0.25) is 0 Å². The highest BCUT2D eigenvalue weighted by atomic mass is 32.2. The highest BCUT2D eigenvalue weighted by Crippen LogP contribution is 2.63. The number of hydrogen-bond donors (Lipinski definition) is 0. The Labute approximate surface area is 348 Å². The summed E-state index contributed by atoms with van der Waals surface area (Å²) in [4.78, 5) is 18.6. The van der Waals surface area contributed by atoms with Crippen molar-refractivity contribution in [1.29, 1.82) is 0 Å². The second-order valence-corrected chi connectivity index (χ2v) is 17.6. The van der Waals surface area contributed by atoms with Gasteiger partial charge in [-0.1, -0.05) is 157 Å². The van der Waals surface area contributed by atoms with Gasteiger partial charge in [-0.2, -0.15) is 0 Å². The second-order valence-electron chi connectivity index (χ2n) is 15.4. The van der Waals surface area contributed by atoms with Crippen LogP contribution < -0.4 is 0 Å². The lowest BCUT2D eigenvalue weighted by Gasteiger charge is -2.39. The van der Waals surface area contributed by atoms with Crippen LogP contribution in [-0.2, 0) is 5.41 Å². The summed E-state index contributed by atoms with van der Waals surface area (Å²) >= 11 is 3.64. The van der Waals surface area contributed by atoms with Crippen LogP contribution in [-0.4, -0.2) is 15.0 Å². The molecule has 0 atom stereocenters. The topological polar surface area (TPSA) is 38.7 Å². The molecule has 0 amide bonds. The van der Waals surface area contributed by atoms with Crippen molar-refractivity contribution in [3.05, 3.63) is 210 Å². The van der Waals surface area contributed by atoms with Crippen molar-refractivity contribution >= 4 is 65.1 Å². The normalized spacial score (nSPS) is 13.5. The molecule has 1 spiro atoms. The van der Waals surface area contributed by atoms with Gasteiger partial charge in [-0.05, 0) is 81.2 Å². The van der Waals surface area contributed by atoms with E-state index in [-0.39, 0.29) is 0 Å². The molecule has 0 radical (unpaired) electrons. The Kier molecular flexibility index (Phi) is 7.03. The van der Waals surface area contributed by atoms with Crippen LogP contribution >= 0.6 is 23.1 Å². The molecular weight excluding hydrogens is 755 g/mol. The molecule has 0 saturated heterocycles. The smallest absolute Gasteiger partial charge is 0.160 e. The molecule has 0 fully saturated rings. The van der Waals surface area contributed by atoms with Crippen molar-refractivity contribution in [2.24, 2.45) is 0 Å². The Bertz CT molecular complexity index is 3510. The van der Waals surface area contributed by atoms with E-state index in [1.807, 2.05) is 30.0 Å². The van der Waals surface area contributed by atoms with Crippen LogP contribution in [0.5, 0.6) is 0 Å². The first-order valence-electron chi connectivity index (χ1n) is 19.9. The first-order chi connectivity index (χ1) is 29.2. The lowest BCUT2D eigenvalue weighted by atomic mass is 9.67. The molecule has 0 unspecified atom stereocenters. The number of para-hydroxylation sites is 1. The number of fused-ring (bicyclic) bond motifs is 15. The standard InChI is InChI=1S/C54H31N3S2/c1-2-15-32(16-3-1)53-56-50(52-51(57-53)37-21-6-11-26-46(37)59-52)34-18-14-17-33(29-34)49-40-30-39-35-19-4-7-22-41(35)54(44(39)31-38(40)36-20-5-10-25-45(36)55-49)42-23-8-12-27-47(42)58-48-28-13-9-24-43(48)54/h1-31H. The SMILES string of the molecule is c1ccc(-c2nc(-c3cccc(-c4nc5ccccc5c5cc6c(cc45)-c4ccccc4C64c5ccccc5Sc5ccccc54)c3)c3sc4ccccc4c3n2)cc1. The van der Waals surface area contributed by atoms with Crippen molar-refractivity contribution in [3.63, 3.8) is 0 Å². The molecule has 0 N–H and O–H groups in total. The van der Waals surface area contributed by atoms with Crippen LogP contribution in [0.15, 0.2) is 198 Å². The summed E-state index contributed by atoms with van der Waals surface area (Å²) in [5, 5.41) is 4.65. The Morgan fingerprint density at radius 2 is 1.03 bits per heavy atom. The van der Waals surface area contributed by atoms with Crippen LogP contribution in [0, 0.1) is 0 Å². The highest BCUT2D eigenvalue weighted by Gasteiger charge is 2.50. The van der Waals surface area contributed by atoms with Gasteiger partial charge in [0.25, 0.3) is 0 Å². The molecule has 13 rings (SSSR count). The molecular formula is C54H31N3S2. The molecule has 1 aliphatic heterocycles. The third kappa shape index (κ3) is 4.68. The molecule has 5 heteroatoms. The number of pyridine rings is 1. The molecule has 274 valence electrons. The third-order valence-electron chi connectivity index (χ3n) is 12.3. The quantitative estimate of drug-likeness (QED) is 0.167. The van der Waals surface area contributed by atoms with Crippen molar-refractivity contribution in [2.75, 3.05) is 0 Å². The van der Waals surface area contributed by atoms with Crippen molar-refractivity contribution in [2.45, 2.75) is 15.2 Å². The zero-order chi connectivity index (χ0) is 38.7. The fraction of sp³-hybridized carbons (Fsp3) is 0.0185. The second kappa shape index (κ2) is 12.5. The summed E-state index contributed by atoms with van der Waals surface area (Å²) in [5.74, 6) is 0.726. The molecule has 3 nitrogen and oxygen atoms in total. The summed E-state index contributed by atoms with van der Waals surface area (Å²) in [7, 11) is 0. The predicted octanol–water partition coefficient (Wildman–Crippen LogP) is 14.4. The van der Waals surface area contributed by atoms with Crippen molar-refractivity contribution in [3.8, 4) is 45.0 Å². The number of rotatable bonds is 3. The molecule has 1 aliphatic carbocycles. The molecule has 11 aromatic rings.